The van der Waals surface area contributed by atoms with Crippen LogP contribution in [0, 0.1) is 5.82 Å². The third-order valence-corrected chi connectivity index (χ3v) is 8.56. The molecule has 0 heterocycles. The van der Waals surface area contributed by atoms with Crippen LogP contribution >= 0.6 is 23.2 Å². The van der Waals surface area contributed by atoms with E-state index in [9.17, 15) is 22.4 Å². The average molecular weight is 625 g/mol. The van der Waals surface area contributed by atoms with Gasteiger partial charge in [-0.2, -0.15) is 0 Å². The molecule has 0 saturated carbocycles. The fraction of sp³-hybridized carbons (Fsp3) is 0.310. The molecule has 41 heavy (non-hydrogen) atoms. The number of nitrogens with zero attached hydrogens (tertiary/aromatic N) is 2. The Morgan fingerprint density at radius 3 is 2.24 bits per heavy atom. The highest BCUT2D eigenvalue weighted by molar-refractivity contribution is 7.92. The number of hydrogen-bond donors (Lipinski definition) is 1. The van der Waals surface area contributed by atoms with Crippen molar-refractivity contribution < 1.29 is 27.1 Å². The van der Waals surface area contributed by atoms with Crippen LogP contribution in [0.5, 0.6) is 5.75 Å². The summed E-state index contributed by atoms with van der Waals surface area (Å²) in [6.45, 7) is 5.36. The zero-order valence-corrected chi connectivity index (χ0v) is 25.3. The summed E-state index contributed by atoms with van der Waals surface area (Å²) in [5, 5.41) is 3.46. The van der Waals surface area contributed by atoms with Crippen LogP contribution in [0.3, 0.4) is 0 Å². The molecule has 3 aromatic rings. The number of rotatable bonds is 13. The van der Waals surface area contributed by atoms with Gasteiger partial charge in [0, 0.05) is 23.1 Å². The first kappa shape index (κ1) is 32.2. The van der Waals surface area contributed by atoms with Gasteiger partial charge in [-0.15, -0.1) is 0 Å². The van der Waals surface area contributed by atoms with Crippen molar-refractivity contribution in [2.45, 2.75) is 44.7 Å². The molecule has 0 radical (unpaired) electrons. The summed E-state index contributed by atoms with van der Waals surface area (Å²) in [4.78, 5) is 27.9. The minimum atomic E-state index is -4.34. The Balaban J connectivity index is 2.04. The summed E-state index contributed by atoms with van der Waals surface area (Å²) in [6, 6.07) is 14.3. The molecule has 12 heteroatoms. The molecule has 0 aliphatic heterocycles. The third kappa shape index (κ3) is 8.34. The highest BCUT2D eigenvalue weighted by Crippen LogP contribution is 2.28. The molecular weight excluding hydrogens is 592 g/mol. The zero-order chi connectivity index (χ0) is 30.2. The van der Waals surface area contributed by atoms with Gasteiger partial charge in [-0.25, -0.2) is 12.8 Å². The SMILES string of the molecule is CCCNC(=O)[C@H](C)N(Cc1ccc(Cl)cc1Cl)C(=O)CN(c1ccc(OCC)cc1)S(=O)(=O)c1ccc(F)cc1. The molecule has 0 aromatic heterocycles. The number of sulfonamides is 1. The van der Waals surface area contributed by atoms with Gasteiger partial charge in [0.2, 0.25) is 11.8 Å². The number of carbonyl (C=O) groups excluding carboxylic acids is 2. The van der Waals surface area contributed by atoms with Crippen LogP contribution in [0.1, 0.15) is 32.8 Å². The topological polar surface area (TPSA) is 96.0 Å². The molecule has 220 valence electrons. The summed E-state index contributed by atoms with van der Waals surface area (Å²) in [5.74, 6) is -1.15. The summed E-state index contributed by atoms with van der Waals surface area (Å²) in [7, 11) is -4.34. The number of ether oxygens (including phenoxy) is 1. The third-order valence-electron chi connectivity index (χ3n) is 6.19. The lowest BCUT2D eigenvalue weighted by Gasteiger charge is -2.32. The average Bonchev–Trinajstić information content (AvgIpc) is 2.94. The van der Waals surface area contributed by atoms with Crippen molar-refractivity contribution in [1.29, 1.82) is 0 Å². The maximum atomic E-state index is 13.9. The molecule has 3 rings (SSSR count). The molecule has 0 aliphatic carbocycles. The van der Waals surface area contributed by atoms with E-state index < -0.39 is 40.2 Å². The summed E-state index contributed by atoms with van der Waals surface area (Å²) < 4.78 is 47.6. The molecule has 0 aliphatic rings. The Bertz CT molecular complexity index is 1450. The number of halogens is 3. The Kier molecular flexibility index (Phi) is 11.4. The van der Waals surface area contributed by atoms with Crippen LogP contribution in [0.25, 0.3) is 0 Å². The van der Waals surface area contributed by atoms with Gasteiger partial charge in [-0.1, -0.05) is 36.2 Å². The number of carbonyl (C=O) groups is 2. The summed E-state index contributed by atoms with van der Waals surface area (Å²) in [5.41, 5.74) is 0.701. The molecule has 0 unspecified atom stereocenters. The number of nitrogens with one attached hydrogen (secondary N) is 1. The van der Waals surface area contributed by atoms with Crippen molar-refractivity contribution in [3.63, 3.8) is 0 Å². The minimum Gasteiger partial charge on any atom is -0.494 e. The maximum Gasteiger partial charge on any atom is 0.264 e. The van der Waals surface area contributed by atoms with Gasteiger partial charge in [0.1, 0.15) is 24.2 Å². The van der Waals surface area contributed by atoms with Crippen molar-refractivity contribution >= 4 is 50.7 Å². The van der Waals surface area contributed by atoms with Crippen LogP contribution in [0.2, 0.25) is 10.0 Å². The van der Waals surface area contributed by atoms with E-state index >= 15 is 0 Å². The van der Waals surface area contributed by atoms with Crippen LogP contribution < -0.4 is 14.4 Å². The van der Waals surface area contributed by atoms with Crippen molar-refractivity contribution in [2.75, 3.05) is 24.0 Å². The van der Waals surface area contributed by atoms with Gasteiger partial charge in [0.05, 0.1) is 17.2 Å². The van der Waals surface area contributed by atoms with E-state index in [2.05, 4.69) is 5.32 Å². The predicted octanol–water partition coefficient (Wildman–Crippen LogP) is 5.67. The second-order valence-corrected chi connectivity index (χ2v) is 11.8. The largest absolute Gasteiger partial charge is 0.494 e. The molecule has 0 fully saturated rings. The van der Waals surface area contributed by atoms with Gasteiger partial charge < -0.3 is 15.0 Å². The van der Waals surface area contributed by atoms with Crippen molar-refractivity contribution in [3.8, 4) is 5.75 Å². The van der Waals surface area contributed by atoms with E-state index in [0.29, 0.717) is 40.9 Å². The van der Waals surface area contributed by atoms with Gasteiger partial charge in [0.25, 0.3) is 10.0 Å². The smallest absolute Gasteiger partial charge is 0.264 e. The lowest BCUT2D eigenvalue weighted by molar-refractivity contribution is -0.139. The minimum absolute atomic E-state index is 0.0801. The van der Waals surface area contributed by atoms with E-state index in [1.807, 2.05) is 13.8 Å². The number of benzene rings is 3. The lowest BCUT2D eigenvalue weighted by atomic mass is 10.1. The molecule has 1 atom stereocenters. The highest BCUT2D eigenvalue weighted by Gasteiger charge is 2.33. The first-order valence-corrected chi connectivity index (χ1v) is 15.2. The molecule has 0 saturated heterocycles. The van der Waals surface area contributed by atoms with E-state index in [4.69, 9.17) is 27.9 Å². The van der Waals surface area contributed by atoms with Crippen LogP contribution in [0.4, 0.5) is 10.1 Å². The van der Waals surface area contributed by atoms with E-state index in [-0.39, 0.29) is 17.1 Å². The lowest BCUT2D eigenvalue weighted by Crippen LogP contribution is -2.51. The van der Waals surface area contributed by atoms with Crippen LogP contribution in [0.15, 0.2) is 71.6 Å². The standard InChI is InChI=1S/C29H32Cl2FN3O5S/c1-4-16-33-29(37)20(3)34(18-21-6-7-22(30)17-27(21)31)28(36)19-35(24-10-12-25(13-11-24)40-5-2)41(38,39)26-14-8-23(32)9-15-26/h6-15,17,20H,4-5,16,18-19H2,1-3H3,(H,33,37)/t20-/m0/s1. The Morgan fingerprint density at radius 2 is 1.66 bits per heavy atom. The monoisotopic (exact) mass is 623 g/mol. The highest BCUT2D eigenvalue weighted by atomic mass is 35.5. The Labute approximate surface area is 250 Å². The second kappa shape index (κ2) is 14.5. The second-order valence-electron chi connectivity index (χ2n) is 9.12. The quantitative estimate of drug-likeness (QED) is 0.265. The Morgan fingerprint density at radius 1 is 1.00 bits per heavy atom. The number of anilines is 1. The van der Waals surface area contributed by atoms with Gasteiger partial charge >= 0.3 is 0 Å². The first-order valence-electron chi connectivity index (χ1n) is 13.0. The fourth-order valence-corrected chi connectivity index (χ4v) is 5.83. The normalized spacial score (nSPS) is 12.0. The van der Waals surface area contributed by atoms with Crippen molar-refractivity contribution in [3.05, 3.63) is 88.2 Å². The zero-order valence-electron chi connectivity index (χ0n) is 22.9. The molecule has 0 bridgehead atoms. The molecule has 8 nitrogen and oxygen atoms in total. The fourth-order valence-electron chi connectivity index (χ4n) is 3.95. The van der Waals surface area contributed by atoms with E-state index in [0.717, 1.165) is 28.6 Å². The van der Waals surface area contributed by atoms with Crippen LogP contribution in [-0.4, -0.2) is 50.9 Å². The first-order chi connectivity index (χ1) is 19.5. The molecule has 3 aromatic carbocycles. The van der Waals surface area contributed by atoms with Gasteiger partial charge in [-0.3, -0.25) is 13.9 Å². The number of hydrogen-bond acceptors (Lipinski definition) is 5. The van der Waals surface area contributed by atoms with Crippen molar-refractivity contribution in [2.24, 2.45) is 0 Å². The predicted molar refractivity (Wildman–Crippen MR) is 158 cm³/mol. The Hall–Kier alpha value is -3.34. The van der Waals surface area contributed by atoms with Crippen molar-refractivity contribution in [1.82, 2.24) is 10.2 Å². The molecule has 2 amide bonds. The molecule has 1 N–H and O–H groups in total. The van der Waals surface area contributed by atoms with Crippen LogP contribution in [-0.2, 0) is 26.2 Å². The number of amides is 2. The molecular formula is C29H32Cl2FN3O5S. The summed E-state index contributed by atoms with van der Waals surface area (Å²) >= 11 is 12.4. The molecule has 0 spiro atoms. The maximum absolute atomic E-state index is 13.9. The van der Waals surface area contributed by atoms with Gasteiger partial charge in [-0.05, 0) is 86.5 Å². The summed E-state index contributed by atoms with van der Waals surface area (Å²) in [6.07, 6.45) is 0.691. The van der Waals surface area contributed by atoms with Gasteiger partial charge in [0.15, 0.2) is 0 Å². The van der Waals surface area contributed by atoms with E-state index in [1.165, 1.54) is 23.1 Å². The van der Waals surface area contributed by atoms with E-state index in [1.54, 1.807) is 31.2 Å².